The van der Waals surface area contributed by atoms with Crippen molar-refractivity contribution in [3.63, 3.8) is 0 Å². The Bertz CT molecular complexity index is 1010. The van der Waals surface area contributed by atoms with Crippen LogP contribution < -0.4 is 10.6 Å². The number of hydrogen-bond acceptors (Lipinski definition) is 6. The van der Waals surface area contributed by atoms with Crippen LogP contribution in [0.15, 0.2) is 42.7 Å². The number of aromatic nitrogens is 3. The lowest BCUT2D eigenvalue weighted by Gasteiger charge is -2.28. The van der Waals surface area contributed by atoms with Gasteiger partial charge >= 0.3 is 0 Å². The highest BCUT2D eigenvalue weighted by molar-refractivity contribution is 6.36. The van der Waals surface area contributed by atoms with Crippen LogP contribution in [0.2, 0.25) is 10.0 Å². The molecule has 34 heavy (non-hydrogen) atoms. The third-order valence-corrected chi connectivity index (χ3v) is 5.84. The molecule has 6 nitrogen and oxygen atoms in total. The molecule has 0 radical (unpaired) electrons. The summed E-state index contributed by atoms with van der Waals surface area (Å²) in [6.45, 7) is 8.35. The van der Waals surface area contributed by atoms with E-state index in [-0.39, 0.29) is 6.61 Å². The molecule has 0 spiro atoms. The highest BCUT2D eigenvalue weighted by Gasteiger charge is 2.14. The molecule has 0 bridgehead atoms. The zero-order valence-corrected chi connectivity index (χ0v) is 21.8. The van der Waals surface area contributed by atoms with Gasteiger partial charge in [0.2, 0.25) is 0 Å². The minimum atomic E-state index is 0.250. The predicted octanol–water partition coefficient (Wildman–Crippen LogP) is 6.23. The third kappa shape index (κ3) is 8.12. The Morgan fingerprint density at radius 2 is 1.65 bits per heavy atom. The summed E-state index contributed by atoms with van der Waals surface area (Å²) in [5.74, 6) is 0.494. The van der Waals surface area contributed by atoms with Crippen LogP contribution in [0.1, 0.15) is 51.4 Å². The maximum atomic E-state index is 7.57. The number of pyridine rings is 1. The lowest BCUT2D eigenvalue weighted by atomic mass is 10.1. The minimum absolute atomic E-state index is 0.250. The Labute approximate surface area is 213 Å². The van der Waals surface area contributed by atoms with Gasteiger partial charge in [0.1, 0.15) is 5.82 Å². The van der Waals surface area contributed by atoms with Crippen LogP contribution >= 0.6 is 23.2 Å². The van der Waals surface area contributed by atoms with E-state index in [1.165, 1.54) is 38.0 Å². The van der Waals surface area contributed by atoms with Crippen LogP contribution in [0, 0.1) is 0 Å². The summed E-state index contributed by atoms with van der Waals surface area (Å²) < 4.78 is 0. The van der Waals surface area contributed by atoms with Crippen molar-refractivity contribution < 1.29 is 5.11 Å². The molecule has 0 saturated carbocycles. The van der Waals surface area contributed by atoms with Gasteiger partial charge in [-0.15, -0.1) is 0 Å². The molecule has 4 rings (SSSR count). The van der Waals surface area contributed by atoms with E-state index in [2.05, 4.69) is 25.9 Å². The third-order valence-electron chi connectivity index (χ3n) is 5.29. The molecule has 0 atom stereocenters. The number of benzene rings is 1. The summed E-state index contributed by atoms with van der Waals surface area (Å²) in [6, 6.07) is 9.51. The number of nitrogens with zero attached hydrogens (tertiary/aromatic N) is 4. The molecule has 0 amide bonds. The van der Waals surface area contributed by atoms with Crippen LogP contribution in [-0.4, -0.2) is 39.8 Å². The molecule has 8 heteroatoms. The van der Waals surface area contributed by atoms with Crippen LogP contribution in [0.5, 0.6) is 0 Å². The largest absolute Gasteiger partial charge is 0.397 e. The van der Waals surface area contributed by atoms with Crippen molar-refractivity contribution in [2.24, 2.45) is 0 Å². The molecule has 2 aromatic heterocycles. The second-order valence-corrected chi connectivity index (χ2v) is 8.60. The molecule has 1 saturated heterocycles. The molecule has 1 aromatic carbocycles. The number of halogens is 2. The SMILES string of the molecule is CCO.CCc1nc(-c2ccc(Cl)cc2Cl)c(CC)nc1N.c1cncc(N2CCCCC2)c1. The fraction of sp³-hybridized carbons (Fsp3) is 0.423. The first-order valence-electron chi connectivity index (χ1n) is 11.8. The topological polar surface area (TPSA) is 88.2 Å². The van der Waals surface area contributed by atoms with E-state index in [0.29, 0.717) is 15.9 Å². The van der Waals surface area contributed by atoms with E-state index in [0.717, 1.165) is 35.5 Å². The number of nitrogen functional groups attached to an aromatic ring is 1. The fourth-order valence-corrected chi connectivity index (χ4v) is 4.11. The lowest BCUT2D eigenvalue weighted by Crippen LogP contribution is -2.29. The first kappa shape index (κ1) is 27.8. The number of aryl methyl sites for hydroxylation is 2. The van der Waals surface area contributed by atoms with Crippen LogP contribution in [0.3, 0.4) is 0 Å². The van der Waals surface area contributed by atoms with E-state index < -0.39 is 0 Å². The van der Waals surface area contributed by atoms with Crippen molar-refractivity contribution >= 4 is 34.7 Å². The van der Waals surface area contributed by atoms with E-state index in [1.807, 2.05) is 38.4 Å². The standard InChI is InChI=1S/C14H15Cl2N3.C10H14N2.C2H6O/c1-3-11-13(18-12(4-2)14(17)19-11)9-6-5-8(15)7-10(9)16;1-2-7-12(8-3-1)10-5-4-6-11-9-10;1-2-3/h5-7H,3-4H2,1-2H3,(H2,17,19);4-6,9H,1-3,7-8H2;3H,2H2,1H3. The fourth-order valence-electron chi connectivity index (χ4n) is 3.62. The number of aliphatic hydroxyl groups excluding tert-OH is 1. The zero-order valence-electron chi connectivity index (χ0n) is 20.3. The predicted molar refractivity (Wildman–Crippen MR) is 144 cm³/mol. The molecule has 1 aliphatic rings. The van der Waals surface area contributed by atoms with Gasteiger partial charge < -0.3 is 15.7 Å². The normalized spacial score (nSPS) is 12.8. The zero-order chi connectivity index (χ0) is 24.9. The quantitative estimate of drug-likeness (QED) is 0.438. The molecular weight excluding hydrogens is 469 g/mol. The summed E-state index contributed by atoms with van der Waals surface area (Å²) in [4.78, 5) is 15.6. The highest BCUT2D eigenvalue weighted by Crippen LogP contribution is 2.32. The average Bonchev–Trinajstić information content (AvgIpc) is 2.86. The van der Waals surface area contributed by atoms with Gasteiger partial charge in [-0.25, -0.2) is 9.97 Å². The van der Waals surface area contributed by atoms with E-state index in [4.69, 9.17) is 34.0 Å². The van der Waals surface area contributed by atoms with Crippen molar-refractivity contribution in [3.8, 4) is 11.3 Å². The van der Waals surface area contributed by atoms with Gasteiger partial charge in [-0.2, -0.15) is 0 Å². The monoisotopic (exact) mass is 503 g/mol. The molecule has 0 aliphatic carbocycles. The molecule has 1 fully saturated rings. The van der Waals surface area contributed by atoms with E-state index >= 15 is 0 Å². The Balaban J connectivity index is 0.000000232. The van der Waals surface area contributed by atoms with Gasteiger partial charge in [-0.1, -0.05) is 37.0 Å². The number of aliphatic hydroxyl groups is 1. The lowest BCUT2D eigenvalue weighted by molar-refractivity contribution is 0.318. The molecule has 3 aromatic rings. The van der Waals surface area contributed by atoms with Crippen LogP contribution in [-0.2, 0) is 12.8 Å². The molecule has 0 unspecified atom stereocenters. The number of anilines is 2. The summed E-state index contributed by atoms with van der Waals surface area (Å²) in [6.07, 6.45) is 9.30. The van der Waals surface area contributed by atoms with E-state index in [1.54, 1.807) is 19.1 Å². The van der Waals surface area contributed by atoms with Gasteiger partial charge in [-0.3, -0.25) is 4.98 Å². The van der Waals surface area contributed by atoms with Crippen LogP contribution in [0.4, 0.5) is 11.5 Å². The number of piperidine rings is 1. The van der Waals surface area contributed by atoms with Crippen molar-refractivity contribution in [1.82, 2.24) is 15.0 Å². The average molecular weight is 505 g/mol. The molecule has 3 N–H and O–H groups in total. The summed E-state index contributed by atoms with van der Waals surface area (Å²) in [5.41, 5.74) is 10.4. The van der Waals surface area contributed by atoms with Crippen molar-refractivity contribution in [1.29, 1.82) is 0 Å². The first-order valence-corrected chi connectivity index (χ1v) is 12.6. The molecule has 3 heterocycles. The second kappa shape index (κ2) is 14.8. The molecule has 1 aliphatic heterocycles. The maximum absolute atomic E-state index is 7.57. The Morgan fingerprint density at radius 3 is 2.21 bits per heavy atom. The van der Waals surface area contributed by atoms with Gasteiger partial charge in [0.25, 0.3) is 0 Å². The van der Waals surface area contributed by atoms with Gasteiger partial charge in [-0.05, 0) is 69.4 Å². The number of nitrogens with two attached hydrogens (primary N) is 1. The minimum Gasteiger partial charge on any atom is -0.397 e. The maximum Gasteiger partial charge on any atom is 0.145 e. The molecule has 184 valence electrons. The summed E-state index contributed by atoms with van der Waals surface area (Å²) in [5, 5.41) is 8.74. The number of rotatable bonds is 4. The highest BCUT2D eigenvalue weighted by atomic mass is 35.5. The van der Waals surface area contributed by atoms with Crippen molar-refractivity contribution in [2.75, 3.05) is 30.3 Å². The summed E-state index contributed by atoms with van der Waals surface area (Å²) >= 11 is 12.2. The van der Waals surface area contributed by atoms with E-state index in [9.17, 15) is 0 Å². The van der Waals surface area contributed by atoms with Crippen LogP contribution in [0.25, 0.3) is 11.3 Å². The summed E-state index contributed by atoms with van der Waals surface area (Å²) in [7, 11) is 0. The second-order valence-electron chi connectivity index (χ2n) is 7.76. The Hall–Kier alpha value is -2.41. The smallest absolute Gasteiger partial charge is 0.145 e. The molecular formula is C26H35Cl2N5O. The van der Waals surface area contributed by atoms with Crippen molar-refractivity contribution in [2.45, 2.75) is 52.9 Å². The Kier molecular flexibility index (Phi) is 12.1. The Morgan fingerprint density at radius 1 is 0.971 bits per heavy atom. The van der Waals surface area contributed by atoms with Crippen molar-refractivity contribution in [3.05, 3.63) is 64.2 Å². The van der Waals surface area contributed by atoms with Gasteiger partial charge in [0, 0.05) is 36.5 Å². The first-order chi connectivity index (χ1) is 16.4. The van der Waals surface area contributed by atoms with Gasteiger partial charge in [0.15, 0.2) is 0 Å². The number of hydrogen-bond donors (Lipinski definition) is 2. The van der Waals surface area contributed by atoms with Gasteiger partial charge in [0.05, 0.1) is 34.0 Å².